The minimum absolute atomic E-state index is 0.111. The van der Waals surface area contributed by atoms with Gasteiger partial charge in [0.25, 0.3) is 0 Å². The summed E-state index contributed by atoms with van der Waals surface area (Å²) in [5.41, 5.74) is 0. The quantitative estimate of drug-likeness (QED) is 0.0508. The van der Waals surface area contributed by atoms with Gasteiger partial charge in [0.1, 0.15) is 0 Å². The number of hydrogen-bond acceptors (Lipinski definition) is 3. The summed E-state index contributed by atoms with van der Waals surface area (Å²) in [5.74, 6) is -0.111. The Balaban J connectivity index is 3.78. The highest BCUT2D eigenvalue weighted by Gasteiger charge is 2.17. The third-order valence-electron chi connectivity index (χ3n) is 7.88. The molecule has 0 rings (SSSR count). The van der Waals surface area contributed by atoms with Gasteiger partial charge in [0.15, 0.2) is 0 Å². The molecule has 0 aromatic rings. The van der Waals surface area contributed by atoms with Crippen LogP contribution in [-0.4, -0.2) is 34.9 Å². The summed E-state index contributed by atoms with van der Waals surface area (Å²) in [6.45, 7) is 4.15. The highest BCUT2D eigenvalue weighted by Crippen LogP contribution is 2.12. The number of carbonyl (C=O) groups is 1. The average molecular weight is 638 g/mol. The second-order valence-electron chi connectivity index (χ2n) is 12.3. The molecular formula is C42H71NO3. The van der Waals surface area contributed by atoms with Gasteiger partial charge in [0, 0.05) is 6.42 Å². The van der Waals surface area contributed by atoms with Crippen LogP contribution in [0.3, 0.4) is 0 Å². The van der Waals surface area contributed by atoms with Crippen molar-refractivity contribution in [1.29, 1.82) is 0 Å². The molecule has 46 heavy (non-hydrogen) atoms. The normalized spacial score (nSPS) is 14.1. The molecule has 0 aromatic carbocycles. The van der Waals surface area contributed by atoms with Crippen LogP contribution in [0.5, 0.6) is 0 Å². The van der Waals surface area contributed by atoms with Crippen molar-refractivity contribution in [2.75, 3.05) is 6.61 Å². The molecule has 262 valence electrons. The Labute approximate surface area is 284 Å². The first kappa shape index (κ1) is 43.6. The molecule has 0 spiro atoms. The lowest BCUT2D eigenvalue weighted by Gasteiger charge is -2.19. The first-order valence-corrected chi connectivity index (χ1v) is 18.8. The predicted molar refractivity (Wildman–Crippen MR) is 202 cm³/mol. The summed E-state index contributed by atoms with van der Waals surface area (Å²) >= 11 is 0. The van der Waals surface area contributed by atoms with Gasteiger partial charge in [0.2, 0.25) is 5.91 Å². The minimum Gasteiger partial charge on any atom is -0.394 e. The molecule has 4 heteroatoms. The smallest absolute Gasteiger partial charge is 0.220 e. The van der Waals surface area contributed by atoms with Crippen molar-refractivity contribution in [1.82, 2.24) is 5.32 Å². The van der Waals surface area contributed by atoms with E-state index in [2.05, 4.69) is 92.1 Å². The summed E-state index contributed by atoms with van der Waals surface area (Å²) in [6, 6.07) is -0.649. The first-order chi connectivity index (χ1) is 22.7. The molecule has 0 saturated heterocycles. The summed E-state index contributed by atoms with van der Waals surface area (Å²) in [5, 5.41) is 22.9. The van der Waals surface area contributed by atoms with Crippen LogP contribution in [0.25, 0.3) is 0 Å². The van der Waals surface area contributed by atoms with Crippen LogP contribution in [0, 0.1) is 0 Å². The molecule has 0 radical (unpaired) electrons. The third-order valence-corrected chi connectivity index (χ3v) is 7.88. The molecule has 2 atom stereocenters. The van der Waals surface area contributed by atoms with Crippen LogP contribution in [0.15, 0.2) is 85.1 Å². The number of aliphatic hydroxyl groups excluding tert-OH is 2. The Kier molecular flexibility index (Phi) is 35.1. The van der Waals surface area contributed by atoms with Crippen LogP contribution < -0.4 is 5.32 Å². The van der Waals surface area contributed by atoms with Gasteiger partial charge in [-0.05, 0) is 70.6 Å². The van der Waals surface area contributed by atoms with E-state index in [1.165, 1.54) is 64.2 Å². The Hall–Kier alpha value is -2.43. The molecule has 0 aromatic heterocycles. The number of unbranched alkanes of at least 4 members (excludes halogenated alkanes) is 13. The topological polar surface area (TPSA) is 69.6 Å². The zero-order chi connectivity index (χ0) is 33.6. The standard InChI is InChI=1S/C42H71NO3/c1-3-5-7-9-11-13-15-17-18-19-20-21-22-23-24-26-28-30-32-34-36-38-42(46)43-40(39-44)41(45)37-35-33-31-29-27-25-16-14-12-10-8-6-4-2/h5,7,11,13,17-18,20-21,23-24,28,30,35,37,40-41,44-45H,3-4,6,8-10,12,14-16,19,22,25-27,29,31-34,36,38-39H2,1-2H3,(H,43,46)/b7-5-,13-11-,18-17-,21-20-,24-23-,30-28-,37-35+. The number of amides is 1. The SMILES string of the molecule is CC/C=C\C/C=C\C/C=C\C/C=C\C/C=C\C/C=C\CCCCC(=O)NC(CO)C(O)/C=C/CCCCCCCCCCCCC. The van der Waals surface area contributed by atoms with Crippen LogP contribution in [0.4, 0.5) is 0 Å². The van der Waals surface area contributed by atoms with Crippen molar-refractivity contribution in [3.05, 3.63) is 85.1 Å². The van der Waals surface area contributed by atoms with Crippen molar-refractivity contribution < 1.29 is 15.0 Å². The Bertz CT molecular complexity index is 864. The Morgan fingerprint density at radius 1 is 0.543 bits per heavy atom. The highest BCUT2D eigenvalue weighted by molar-refractivity contribution is 5.76. The van der Waals surface area contributed by atoms with E-state index in [4.69, 9.17) is 0 Å². The second-order valence-corrected chi connectivity index (χ2v) is 12.3. The van der Waals surface area contributed by atoms with E-state index in [0.29, 0.717) is 6.42 Å². The summed E-state index contributed by atoms with van der Waals surface area (Å²) in [4.78, 5) is 12.3. The van der Waals surface area contributed by atoms with Gasteiger partial charge in [-0.3, -0.25) is 4.79 Å². The number of nitrogens with one attached hydrogen (secondary N) is 1. The minimum atomic E-state index is -0.861. The Morgan fingerprint density at radius 2 is 0.957 bits per heavy atom. The van der Waals surface area contributed by atoms with Crippen molar-refractivity contribution in [2.24, 2.45) is 0 Å². The lowest BCUT2D eigenvalue weighted by molar-refractivity contribution is -0.123. The van der Waals surface area contributed by atoms with E-state index in [9.17, 15) is 15.0 Å². The van der Waals surface area contributed by atoms with Gasteiger partial charge >= 0.3 is 0 Å². The van der Waals surface area contributed by atoms with E-state index < -0.39 is 12.1 Å². The fourth-order valence-corrected chi connectivity index (χ4v) is 5.00. The van der Waals surface area contributed by atoms with Gasteiger partial charge in [-0.2, -0.15) is 0 Å². The van der Waals surface area contributed by atoms with Gasteiger partial charge in [-0.1, -0.05) is 163 Å². The van der Waals surface area contributed by atoms with Gasteiger partial charge in [0.05, 0.1) is 18.8 Å². The maximum absolute atomic E-state index is 12.3. The number of rotatable bonds is 32. The fourth-order valence-electron chi connectivity index (χ4n) is 5.00. The maximum atomic E-state index is 12.3. The lowest BCUT2D eigenvalue weighted by atomic mass is 10.0. The zero-order valence-electron chi connectivity index (χ0n) is 29.8. The molecule has 2 unspecified atom stereocenters. The molecule has 0 heterocycles. The molecular weight excluding hydrogens is 566 g/mol. The van der Waals surface area contributed by atoms with Crippen LogP contribution in [0.2, 0.25) is 0 Å². The average Bonchev–Trinajstić information content (AvgIpc) is 3.06. The number of allylic oxidation sites excluding steroid dienone is 13. The molecule has 0 bridgehead atoms. The largest absolute Gasteiger partial charge is 0.394 e. The van der Waals surface area contributed by atoms with E-state index >= 15 is 0 Å². The molecule has 0 fully saturated rings. The fraction of sp³-hybridized carbons (Fsp3) is 0.643. The van der Waals surface area contributed by atoms with Gasteiger partial charge in [-0.15, -0.1) is 0 Å². The van der Waals surface area contributed by atoms with E-state index in [1.54, 1.807) is 6.08 Å². The second kappa shape index (κ2) is 37.0. The van der Waals surface area contributed by atoms with Gasteiger partial charge in [-0.25, -0.2) is 0 Å². The molecule has 4 nitrogen and oxygen atoms in total. The summed E-state index contributed by atoms with van der Waals surface area (Å²) in [6.07, 6.45) is 53.8. The number of aliphatic hydroxyl groups is 2. The van der Waals surface area contributed by atoms with E-state index in [-0.39, 0.29) is 12.5 Å². The molecule has 0 aliphatic heterocycles. The summed E-state index contributed by atoms with van der Waals surface area (Å²) in [7, 11) is 0. The number of hydrogen-bond donors (Lipinski definition) is 3. The summed E-state index contributed by atoms with van der Waals surface area (Å²) < 4.78 is 0. The van der Waals surface area contributed by atoms with Crippen molar-refractivity contribution >= 4 is 5.91 Å². The molecule has 0 aliphatic rings. The van der Waals surface area contributed by atoms with E-state index in [1.807, 2.05) is 6.08 Å². The van der Waals surface area contributed by atoms with Crippen LogP contribution in [-0.2, 0) is 4.79 Å². The predicted octanol–water partition coefficient (Wildman–Crippen LogP) is 11.3. The lowest BCUT2D eigenvalue weighted by Crippen LogP contribution is -2.45. The van der Waals surface area contributed by atoms with Crippen molar-refractivity contribution in [3.8, 4) is 0 Å². The third kappa shape index (κ3) is 32.9. The monoisotopic (exact) mass is 638 g/mol. The molecule has 0 aliphatic carbocycles. The van der Waals surface area contributed by atoms with Crippen LogP contribution >= 0.6 is 0 Å². The zero-order valence-corrected chi connectivity index (χ0v) is 29.8. The Morgan fingerprint density at radius 3 is 1.43 bits per heavy atom. The van der Waals surface area contributed by atoms with Gasteiger partial charge < -0.3 is 15.5 Å². The van der Waals surface area contributed by atoms with E-state index in [0.717, 1.165) is 70.6 Å². The molecule has 1 amide bonds. The maximum Gasteiger partial charge on any atom is 0.220 e. The van der Waals surface area contributed by atoms with Crippen molar-refractivity contribution in [3.63, 3.8) is 0 Å². The van der Waals surface area contributed by atoms with Crippen LogP contribution in [0.1, 0.15) is 155 Å². The van der Waals surface area contributed by atoms with Crippen molar-refractivity contribution in [2.45, 2.75) is 167 Å². The number of carbonyl (C=O) groups excluding carboxylic acids is 1. The molecule has 3 N–H and O–H groups in total. The highest BCUT2D eigenvalue weighted by atomic mass is 16.3. The first-order valence-electron chi connectivity index (χ1n) is 18.8. The molecule has 0 saturated carbocycles.